The molecule has 148 valence electrons. The van der Waals surface area contributed by atoms with Gasteiger partial charge >= 0.3 is 0 Å². The number of aliphatic imine (C=N–C) groups is 1. The number of nitrogens with one attached hydrogen (secondary N) is 2. The van der Waals surface area contributed by atoms with Crippen LogP contribution in [0, 0.1) is 0 Å². The van der Waals surface area contributed by atoms with Gasteiger partial charge in [0.05, 0.1) is 25.7 Å². The summed E-state index contributed by atoms with van der Waals surface area (Å²) in [5.41, 5.74) is 1.17. The predicted octanol–water partition coefficient (Wildman–Crippen LogP) is 1.61. The Balaban J connectivity index is 0.00000338. The van der Waals surface area contributed by atoms with Crippen LogP contribution in [0.4, 0.5) is 0 Å². The maximum atomic E-state index is 11.5. The maximum Gasteiger partial charge on any atom is 0.191 e. The van der Waals surface area contributed by atoms with Crippen LogP contribution in [0.1, 0.15) is 18.4 Å². The highest BCUT2D eigenvalue weighted by molar-refractivity contribution is 14.0. The fourth-order valence-corrected chi connectivity index (χ4v) is 4.51. The molecule has 2 N–H and O–H groups in total. The zero-order valence-corrected chi connectivity index (χ0v) is 18.6. The molecule has 1 heterocycles. The van der Waals surface area contributed by atoms with Gasteiger partial charge < -0.3 is 20.1 Å². The van der Waals surface area contributed by atoms with Crippen LogP contribution in [-0.4, -0.2) is 59.7 Å². The Kier molecular flexibility index (Phi) is 9.48. The molecule has 1 atom stereocenters. The number of benzene rings is 1. The number of nitrogens with zero attached hydrogens (tertiary/aromatic N) is 1. The van der Waals surface area contributed by atoms with Gasteiger partial charge in [0.1, 0.15) is 0 Å². The zero-order chi connectivity index (χ0) is 18.3. The minimum absolute atomic E-state index is 0. The number of ether oxygens (including phenoxy) is 2. The van der Waals surface area contributed by atoms with Gasteiger partial charge in [-0.05, 0) is 37.0 Å². The van der Waals surface area contributed by atoms with Crippen LogP contribution in [0.2, 0.25) is 0 Å². The van der Waals surface area contributed by atoms with E-state index >= 15 is 0 Å². The van der Waals surface area contributed by atoms with Crippen molar-refractivity contribution in [2.24, 2.45) is 4.99 Å². The van der Waals surface area contributed by atoms with Crippen LogP contribution in [0.25, 0.3) is 0 Å². The Bertz CT molecular complexity index is 710. The molecule has 0 radical (unpaired) electrons. The first-order valence-electron chi connectivity index (χ1n) is 8.36. The van der Waals surface area contributed by atoms with Crippen molar-refractivity contribution < 1.29 is 17.9 Å². The van der Waals surface area contributed by atoms with Gasteiger partial charge in [0.25, 0.3) is 0 Å². The molecule has 0 aliphatic carbocycles. The molecule has 26 heavy (non-hydrogen) atoms. The molecule has 0 amide bonds. The van der Waals surface area contributed by atoms with Crippen molar-refractivity contribution in [2.75, 3.05) is 39.3 Å². The topological polar surface area (TPSA) is 89.0 Å². The van der Waals surface area contributed by atoms with Crippen LogP contribution in [-0.2, 0) is 16.3 Å². The number of rotatable bonds is 7. The summed E-state index contributed by atoms with van der Waals surface area (Å²) in [5, 5.41) is 6.41. The molecule has 1 unspecified atom stereocenters. The predicted molar refractivity (Wildman–Crippen MR) is 115 cm³/mol. The van der Waals surface area contributed by atoms with Gasteiger partial charge in [-0.25, -0.2) is 8.42 Å². The Hall–Kier alpha value is -1.23. The molecule has 1 fully saturated rings. The van der Waals surface area contributed by atoms with Crippen molar-refractivity contribution in [3.63, 3.8) is 0 Å². The van der Waals surface area contributed by atoms with Gasteiger partial charge in [-0.2, -0.15) is 0 Å². The lowest BCUT2D eigenvalue weighted by Crippen LogP contribution is -2.44. The summed E-state index contributed by atoms with van der Waals surface area (Å²) >= 11 is 0. The summed E-state index contributed by atoms with van der Waals surface area (Å²) in [4.78, 5) is 4.16. The van der Waals surface area contributed by atoms with E-state index in [1.807, 2.05) is 18.2 Å². The van der Waals surface area contributed by atoms with Crippen LogP contribution in [0.5, 0.6) is 11.5 Å². The van der Waals surface area contributed by atoms with Gasteiger partial charge in [-0.3, -0.25) is 4.99 Å². The molecule has 9 heteroatoms. The van der Waals surface area contributed by atoms with Crippen molar-refractivity contribution >= 4 is 39.8 Å². The van der Waals surface area contributed by atoms with Crippen molar-refractivity contribution in [3.8, 4) is 11.5 Å². The maximum absolute atomic E-state index is 11.5. The second kappa shape index (κ2) is 10.8. The average molecular weight is 497 g/mol. The van der Waals surface area contributed by atoms with Gasteiger partial charge in [-0.1, -0.05) is 6.07 Å². The first-order valence-corrected chi connectivity index (χ1v) is 10.2. The standard InChI is InChI=1S/C17H27N3O4S.HI/c1-18-17(20-14-8-10-25(21,22)12-14)19-9-4-5-13-6-7-15(23-2)16(11-13)24-3;/h6-7,11,14H,4-5,8-10,12H2,1-3H3,(H2,18,19,20);1H. The van der Waals surface area contributed by atoms with E-state index in [2.05, 4.69) is 15.6 Å². The highest BCUT2D eigenvalue weighted by Crippen LogP contribution is 2.27. The third kappa shape index (κ3) is 6.82. The van der Waals surface area contributed by atoms with Gasteiger partial charge in [0.15, 0.2) is 27.3 Å². The fourth-order valence-electron chi connectivity index (χ4n) is 2.83. The average Bonchev–Trinajstić information content (AvgIpc) is 2.95. The van der Waals surface area contributed by atoms with Crippen molar-refractivity contribution in [1.29, 1.82) is 0 Å². The van der Waals surface area contributed by atoms with Crippen LogP contribution in [0.15, 0.2) is 23.2 Å². The van der Waals surface area contributed by atoms with E-state index in [-0.39, 0.29) is 41.5 Å². The Morgan fingerprint density at radius 3 is 2.58 bits per heavy atom. The van der Waals surface area contributed by atoms with E-state index in [0.29, 0.717) is 12.4 Å². The highest BCUT2D eigenvalue weighted by atomic mass is 127. The lowest BCUT2D eigenvalue weighted by atomic mass is 10.1. The Morgan fingerprint density at radius 2 is 2.00 bits per heavy atom. The lowest BCUT2D eigenvalue weighted by molar-refractivity contribution is 0.354. The van der Waals surface area contributed by atoms with Crippen molar-refractivity contribution in [2.45, 2.75) is 25.3 Å². The molecule has 0 aromatic heterocycles. The molecular formula is C17H28IN3O4S. The summed E-state index contributed by atoms with van der Waals surface area (Å²) in [6.07, 6.45) is 2.44. The number of hydrogen-bond donors (Lipinski definition) is 2. The summed E-state index contributed by atoms with van der Waals surface area (Å²) in [6, 6.07) is 5.86. The molecule has 0 spiro atoms. The monoisotopic (exact) mass is 497 g/mol. The molecule has 7 nitrogen and oxygen atoms in total. The molecule has 1 aromatic rings. The minimum Gasteiger partial charge on any atom is -0.493 e. The second-order valence-electron chi connectivity index (χ2n) is 6.04. The molecule has 2 rings (SSSR count). The van der Waals surface area contributed by atoms with Crippen molar-refractivity contribution in [1.82, 2.24) is 10.6 Å². The Morgan fingerprint density at radius 1 is 1.27 bits per heavy atom. The highest BCUT2D eigenvalue weighted by Gasteiger charge is 2.28. The Labute approximate surface area is 172 Å². The third-order valence-electron chi connectivity index (χ3n) is 4.18. The summed E-state index contributed by atoms with van der Waals surface area (Å²) in [5.74, 6) is 2.53. The molecule has 1 aliphatic heterocycles. The van der Waals surface area contributed by atoms with E-state index in [4.69, 9.17) is 9.47 Å². The third-order valence-corrected chi connectivity index (χ3v) is 5.95. The summed E-state index contributed by atoms with van der Waals surface area (Å²) in [7, 11) is 2.05. The first kappa shape index (κ1) is 22.8. The number of methoxy groups -OCH3 is 2. The van der Waals surface area contributed by atoms with E-state index in [9.17, 15) is 8.42 Å². The molecule has 1 aliphatic rings. The molecular weight excluding hydrogens is 469 g/mol. The molecule has 1 aromatic carbocycles. The SMILES string of the molecule is CN=C(NCCCc1ccc(OC)c(OC)c1)NC1CCS(=O)(=O)C1.I. The summed E-state index contributed by atoms with van der Waals surface area (Å²) < 4.78 is 33.6. The normalized spacial score (nSPS) is 18.7. The van der Waals surface area contributed by atoms with E-state index in [1.54, 1.807) is 21.3 Å². The van der Waals surface area contributed by atoms with Gasteiger partial charge in [0, 0.05) is 19.6 Å². The number of hydrogen-bond acceptors (Lipinski definition) is 5. The molecule has 1 saturated heterocycles. The van der Waals surface area contributed by atoms with Crippen LogP contribution in [0.3, 0.4) is 0 Å². The number of guanidine groups is 1. The van der Waals surface area contributed by atoms with E-state index in [0.717, 1.165) is 30.9 Å². The quantitative estimate of drug-likeness (QED) is 0.258. The zero-order valence-electron chi connectivity index (χ0n) is 15.4. The smallest absolute Gasteiger partial charge is 0.191 e. The molecule has 0 bridgehead atoms. The number of sulfone groups is 1. The van der Waals surface area contributed by atoms with E-state index < -0.39 is 9.84 Å². The number of aryl methyl sites for hydroxylation is 1. The minimum atomic E-state index is -2.89. The fraction of sp³-hybridized carbons (Fsp3) is 0.588. The number of halogens is 1. The van der Waals surface area contributed by atoms with Gasteiger partial charge in [-0.15, -0.1) is 24.0 Å². The molecule has 0 saturated carbocycles. The van der Waals surface area contributed by atoms with Crippen LogP contribution >= 0.6 is 24.0 Å². The van der Waals surface area contributed by atoms with Gasteiger partial charge in [0.2, 0.25) is 0 Å². The van der Waals surface area contributed by atoms with Crippen molar-refractivity contribution in [3.05, 3.63) is 23.8 Å². The first-order chi connectivity index (χ1) is 12.0. The lowest BCUT2D eigenvalue weighted by Gasteiger charge is -2.16. The van der Waals surface area contributed by atoms with E-state index in [1.165, 1.54) is 5.56 Å². The second-order valence-corrected chi connectivity index (χ2v) is 8.26. The van der Waals surface area contributed by atoms with Crippen LogP contribution < -0.4 is 20.1 Å². The largest absolute Gasteiger partial charge is 0.493 e. The summed E-state index contributed by atoms with van der Waals surface area (Å²) in [6.45, 7) is 0.744.